The zero-order valence-electron chi connectivity index (χ0n) is 10.7. The number of nitrogens with one attached hydrogen (secondary N) is 1. The van der Waals surface area contributed by atoms with Crippen LogP contribution in [-0.4, -0.2) is 14.5 Å². The highest BCUT2D eigenvalue weighted by Crippen LogP contribution is 2.10. The number of nitrogens with two attached hydrogens (primary N) is 1. The van der Waals surface area contributed by atoms with Gasteiger partial charge < -0.3 is 5.73 Å². The van der Waals surface area contributed by atoms with E-state index in [0.29, 0.717) is 11.3 Å². The summed E-state index contributed by atoms with van der Waals surface area (Å²) in [5.74, 6) is -0.0217. The SMILES string of the molecule is CCCC(C)NS(=O)(=O)Cc1cccc(N)c1.Cl. The number of hydrogen-bond acceptors (Lipinski definition) is 3. The Labute approximate surface area is 115 Å². The van der Waals surface area contributed by atoms with Gasteiger partial charge in [0.2, 0.25) is 10.0 Å². The molecule has 0 aliphatic carbocycles. The van der Waals surface area contributed by atoms with Gasteiger partial charge in [0, 0.05) is 11.7 Å². The van der Waals surface area contributed by atoms with E-state index in [9.17, 15) is 8.42 Å². The number of benzene rings is 1. The summed E-state index contributed by atoms with van der Waals surface area (Å²) in [4.78, 5) is 0. The number of halogens is 1. The first-order chi connectivity index (χ1) is 7.93. The fourth-order valence-electron chi connectivity index (χ4n) is 1.74. The molecule has 6 heteroatoms. The van der Waals surface area contributed by atoms with Crippen molar-refractivity contribution in [2.45, 2.75) is 38.5 Å². The van der Waals surface area contributed by atoms with Gasteiger partial charge in [0.1, 0.15) is 0 Å². The van der Waals surface area contributed by atoms with E-state index in [0.717, 1.165) is 12.8 Å². The first-order valence-corrected chi connectivity index (χ1v) is 7.42. The van der Waals surface area contributed by atoms with Crippen molar-refractivity contribution in [3.8, 4) is 0 Å². The number of anilines is 1. The fraction of sp³-hybridized carbons (Fsp3) is 0.500. The van der Waals surface area contributed by atoms with Crippen molar-refractivity contribution in [1.82, 2.24) is 4.72 Å². The monoisotopic (exact) mass is 292 g/mol. The second-order valence-electron chi connectivity index (χ2n) is 4.31. The summed E-state index contributed by atoms with van der Waals surface area (Å²) in [6.07, 6.45) is 1.80. The van der Waals surface area contributed by atoms with Gasteiger partial charge >= 0.3 is 0 Å². The lowest BCUT2D eigenvalue weighted by Crippen LogP contribution is -2.33. The first-order valence-electron chi connectivity index (χ1n) is 5.77. The Bertz CT molecular complexity index is 463. The molecule has 1 aromatic carbocycles. The number of nitrogen functional groups attached to an aromatic ring is 1. The Balaban J connectivity index is 0.00000289. The highest BCUT2D eigenvalue weighted by atomic mass is 35.5. The van der Waals surface area contributed by atoms with Gasteiger partial charge in [0.15, 0.2) is 0 Å². The van der Waals surface area contributed by atoms with Crippen LogP contribution in [0.2, 0.25) is 0 Å². The van der Waals surface area contributed by atoms with Crippen molar-refractivity contribution >= 4 is 28.1 Å². The summed E-state index contributed by atoms with van der Waals surface area (Å²) in [6.45, 7) is 3.91. The smallest absolute Gasteiger partial charge is 0.216 e. The largest absolute Gasteiger partial charge is 0.399 e. The summed E-state index contributed by atoms with van der Waals surface area (Å²) in [5, 5.41) is 0. The Hall–Kier alpha value is -0.780. The van der Waals surface area contributed by atoms with E-state index < -0.39 is 10.0 Å². The third kappa shape index (κ3) is 6.23. The molecule has 0 aliphatic rings. The maximum Gasteiger partial charge on any atom is 0.216 e. The van der Waals surface area contributed by atoms with Gasteiger partial charge in [-0.2, -0.15) is 0 Å². The molecule has 0 amide bonds. The highest BCUT2D eigenvalue weighted by Gasteiger charge is 2.14. The van der Waals surface area contributed by atoms with Crippen LogP contribution in [0.25, 0.3) is 0 Å². The standard InChI is InChI=1S/C12H20N2O2S.ClH/c1-3-5-10(2)14-17(15,16)9-11-6-4-7-12(13)8-11;/h4,6-8,10,14H,3,5,9,13H2,1-2H3;1H. The summed E-state index contributed by atoms with van der Waals surface area (Å²) in [5.41, 5.74) is 6.90. The molecule has 0 saturated carbocycles. The first kappa shape index (κ1) is 17.2. The zero-order valence-corrected chi connectivity index (χ0v) is 12.4. The van der Waals surface area contributed by atoms with Crippen LogP contribution in [0.3, 0.4) is 0 Å². The molecule has 3 N–H and O–H groups in total. The van der Waals surface area contributed by atoms with Gasteiger partial charge in [-0.1, -0.05) is 25.5 Å². The molecule has 0 saturated heterocycles. The zero-order chi connectivity index (χ0) is 12.9. The molecule has 4 nitrogen and oxygen atoms in total. The maximum absolute atomic E-state index is 11.8. The molecule has 0 aliphatic heterocycles. The lowest BCUT2D eigenvalue weighted by Gasteiger charge is -2.13. The van der Waals surface area contributed by atoms with Gasteiger partial charge in [0.25, 0.3) is 0 Å². The van der Waals surface area contributed by atoms with Crippen molar-refractivity contribution in [1.29, 1.82) is 0 Å². The van der Waals surface area contributed by atoms with Gasteiger partial charge in [0.05, 0.1) is 5.75 Å². The van der Waals surface area contributed by atoms with E-state index in [-0.39, 0.29) is 24.2 Å². The van der Waals surface area contributed by atoms with Gasteiger partial charge in [-0.05, 0) is 31.0 Å². The minimum absolute atomic E-state index is 0. The minimum Gasteiger partial charge on any atom is -0.399 e. The van der Waals surface area contributed by atoms with Crippen LogP contribution in [0.5, 0.6) is 0 Å². The van der Waals surface area contributed by atoms with Crippen LogP contribution in [-0.2, 0) is 15.8 Å². The van der Waals surface area contributed by atoms with Crippen LogP contribution in [0.1, 0.15) is 32.3 Å². The molecule has 0 aromatic heterocycles. The predicted molar refractivity (Wildman–Crippen MR) is 78.2 cm³/mol. The quantitative estimate of drug-likeness (QED) is 0.790. The Kier molecular flexibility index (Phi) is 7.28. The fourth-order valence-corrected chi connectivity index (χ4v) is 3.18. The second kappa shape index (κ2) is 7.61. The molecule has 104 valence electrons. The molecule has 1 unspecified atom stereocenters. The minimum atomic E-state index is -3.28. The van der Waals surface area contributed by atoms with E-state index in [4.69, 9.17) is 5.73 Å². The molecule has 0 spiro atoms. The highest BCUT2D eigenvalue weighted by molar-refractivity contribution is 7.88. The van der Waals surface area contributed by atoms with Crippen LogP contribution in [0, 0.1) is 0 Å². The molecule has 1 atom stereocenters. The van der Waals surface area contributed by atoms with Crippen LogP contribution < -0.4 is 10.5 Å². The van der Waals surface area contributed by atoms with Crippen molar-refractivity contribution in [3.05, 3.63) is 29.8 Å². The van der Waals surface area contributed by atoms with Crippen molar-refractivity contribution in [2.24, 2.45) is 0 Å². The van der Waals surface area contributed by atoms with E-state index in [2.05, 4.69) is 4.72 Å². The number of sulfonamides is 1. The van der Waals surface area contributed by atoms with Crippen LogP contribution in [0.15, 0.2) is 24.3 Å². The molecule has 0 fully saturated rings. The molecule has 18 heavy (non-hydrogen) atoms. The summed E-state index contributed by atoms with van der Waals surface area (Å²) >= 11 is 0. The number of rotatable bonds is 6. The van der Waals surface area contributed by atoms with Crippen molar-refractivity contribution in [2.75, 3.05) is 5.73 Å². The lowest BCUT2D eigenvalue weighted by atomic mass is 10.2. The molecular weight excluding hydrogens is 272 g/mol. The third-order valence-electron chi connectivity index (χ3n) is 2.41. The normalized spacial score (nSPS) is 12.8. The number of hydrogen-bond donors (Lipinski definition) is 2. The topological polar surface area (TPSA) is 72.2 Å². The molecule has 1 rings (SSSR count). The summed E-state index contributed by atoms with van der Waals surface area (Å²) in [6, 6.07) is 6.92. The molecule has 1 aromatic rings. The average molecular weight is 293 g/mol. The Morgan fingerprint density at radius 3 is 2.61 bits per heavy atom. The van der Waals surface area contributed by atoms with E-state index in [1.807, 2.05) is 13.8 Å². The molecule has 0 heterocycles. The molecule has 0 bridgehead atoms. The Morgan fingerprint density at radius 1 is 1.39 bits per heavy atom. The van der Waals surface area contributed by atoms with Gasteiger partial charge in [-0.15, -0.1) is 12.4 Å². The molecular formula is C12H21ClN2O2S. The third-order valence-corrected chi connectivity index (χ3v) is 3.89. The summed E-state index contributed by atoms with van der Waals surface area (Å²) < 4.78 is 26.3. The van der Waals surface area contributed by atoms with Gasteiger partial charge in [-0.25, -0.2) is 13.1 Å². The maximum atomic E-state index is 11.8. The Morgan fingerprint density at radius 2 is 2.06 bits per heavy atom. The summed E-state index contributed by atoms with van der Waals surface area (Å²) in [7, 11) is -3.28. The second-order valence-corrected chi connectivity index (χ2v) is 6.07. The van der Waals surface area contributed by atoms with E-state index in [1.54, 1.807) is 24.3 Å². The average Bonchev–Trinajstić information content (AvgIpc) is 2.15. The van der Waals surface area contributed by atoms with Crippen LogP contribution >= 0.6 is 12.4 Å². The van der Waals surface area contributed by atoms with E-state index >= 15 is 0 Å². The van der Waals surface area contributed by atoms with E-state index in [1.165, 1.54) is 0 Å². The van der Waals surface area contributed by atoms with Gasteiger partial charge in [-0.3, -0.25) is 0 Å². The van der Waals surface area contributed by atoms with Crippen molar-refractivity contribution in [3.63, 3.8) is 0 Å². The predicted octanol–water partition coefficient (Wildman–Crippen LogP) is 2.30. The molecule has 0 radical (unpaired) electrons. The van der Waals surface area contributed by atoms with Crippen molar-refractivity contribution < 1.29 is 8.42 Å². The van der Waals surface area contributed by atoms with Crippen LogP contribution in [0.4, 0.5) is 5.69 Å². The lowest BCUT2D eigenvalue weighted by molar-refractivity contribution is 0.543.